The number of hydrogen-bond donors (Lipinski definition) is 3. The van der Waals surface area contributed by atoms with E-state index >= 15 is 0 Å². The maximum absolute atomic E-state index is 11.7. The molecule has 1 saturated carbocycles. The van der Waals surface area contributed by atoms with Gasteiger partial charge >= 0.3 is 0 Å². The maximum atomic E-state index is 11.7. The molecule has 1 saturated heterocycles. The molecule has 0 unspecified atom stereocenters. The standard InChI is InChI=1S/C13H21N7O/c14-11-17-12(15-8-10(21)16-9-4-5-9)19-13(18-11)20-6-2-1-3-7-20/h9H,1-8H2,(H,16,21)(H3,14,15,17,18,19). The molecule has 1 aliphatic heterocycles. The number of nitrogen functional groups attached to an aromatic ring is 1. The van der Waals surface area contributed by atoms with Crippen LogP contribution in [-0.2, 0) is 4.79 Å². The molecule has 2 fully saturated rings. The summed E-state index contributed by atoms with van der Waals surface area (Å²) in [5, 5.41) is 5.82. The average Bonchev–Trinajstić information content (AvgIpc) is 3.29. The molecule has 8 nitrogen and oxygen atoms in total. The zero-order chi connectivity index (χ0) is 14.7. The number of hydrogen-bond acceptors (Lipinski definition) is 7. The van der Waals surface area contributed by atoms with Crippen LogP contribution in [0.1, 0.15) is 32.1 Å². The molecule has 4 N–H and O–H groups in total. The first-order chi connectivity index (χ1) is 10.2. The Hall–Kier alpha value is -2.12. The third kappa shape index (κ3) is 3.93. The van der Waals surface area contributed by atoms with Crippen LogP contribution in [0.15, 0.2) is 0 Å². The first-order valence-electron chi connectivity index (χ1n) is 7.50. The van der Waals surface area contributed by atoms with Gasteiger partial charge in [-0.3, -0.25) is 4.79 Å². The molecule has 114 valence electrons. The number of carbonyl (C=O) groups excluding carboxylic acids is 1. The smallest absolute Gasteiger partial charge is 0.239 e. The lowest BCUT2D eigenvalue weighted by molar-refractivity contribution is -0.119. The van der Waals surface area contributed by atoms with E-state index in [0.29, 0.717) is 17.9 Å². The molecule has 1 aromatic heterocycles. The van der Waals surface area contributed by atoms with E-state index in [1.165, 1.54) is 6.42 Å². The summed E-state index contributed by atoms with van der Waals surface area (Å²) >= 11 is 0. The SMILES string of the molecule is Nc1nc(NCC(=O)NC2CC2)nc(N2CCCCC2)n1. The lowest BCUT2D eigenvalue weighted by atomic mass is 10.1. The first-order valence-corrected chi connectivity index (χ1v) is 7.50. The Morgan fingerprint density at radius 3 is 2.67 bits per heavy atom. The summed E-state index contributed by atoms with van der Waals surface area (Å²) in [6.07, 6.45) is 5.66. The van der Waals surface area contributed by atoms with E-state index in [-0.39, 0.29) is 18.4 Å². The Balaban J connectivity index is 1.61. The van der Waals surface area contributed by atoms with Crippen LogP contribution in [0.4, 0.5) is 17.8 Å². The minimum absolute atomic E-state index is 0.0454. The molecule has 0 bridgehead atoms. The molecule has 0 aromatic carbocycles. The molecule has 2 aliphatic rings. The normalized spacial score (nSPS) is 18.4. The second-order valence-electron chi connectivity index (χ2n) is 5.56. The molecule has 1 aliphatic carbocycles. The Bertz CT molecular complexity index is 511. The van der Waals surface area contributed by atoms with Gasteiger partial charge in [0.2, 0.25) is 23.8 Å². The van der Waals surface area contributed by atoms with Crippen LogP contribution in [0, 0.1) is 0 Å². The highest BCUT2D eigenvalue weighted by molar-refractivity contribution is 5.80. The van der Waals surface area contributed by atoms with Gasteiger partial charge in [0.05, 0.1) is 6.54 Å². The molecular formula is C13H21N7O. The zero-order valence-corrected chi connectivity index (χ0v) is 12.0. The fourth-order valence-corrected chi connectivity index (χ4v) is 2.36. The Morgan fingerprint density at radius 1 is 1.19 bits per heavy atom. The van der Waals surface area contributed by atoms with E-state index in [9.17, 15) is 4.79 Å². The Labute approximate surface area is 123 Å². The van der Waals surface area contributed by atoms with Crippen molar-refractivity contribution in [2.45, 2.75) is 38.1 Å². The number of amides is 1. The van der Waals surface area contributed by atoms with Crippen LogP contribution in [0.5, 0.6) is 0 Å². The van der Waals surface area contributed by atoms with Crippen molar-refractivity contribution in [3.05, 3.63) is 0 Å². The minimum atomic E-state index is -0.0454. The third-order valence-corrected chi connectivity index (χ3v) is 3.63. The summed E-state index contributed by atoms with van der Waals surface area (Å²) in [5.74, 6) is 1.08. The molecule has 8 heteroatoms. The number of nitrogens with two attached hydrogens (primary N) is 1. The highest BCUT2D eigenvalue weighted by Crippen LogP contribution is 2.19. The zero-order valence-electron chi connectivity index (χ0n) is 12.0. The molecule has 0 atom stereocenters. The maximum Gasteiger partial charge on any atom is 0.239 e. The molecule has 2 heterocycles. The summed E-state index contributed by atoms with van der Waals surface area (Å²) in [6.45, 7) is 2.02. The first kappa shape index (κ1) is 13.8. The average molecular weight is 291 g/mol. The van der Waals surface area contributed by atoms with Crippen molar-refractivity contribution >= 4 is 23.8 Å². The number of piperidine rings is 1. The number of aromatic nitrogens is 3. The van der Waals surface area contributed by atoms with Gasteiger partial charge in [-0.2, -0.15) is 15.0 Å². The molecule has 1 amide bonds. The van der Waals surface area contributed by atoms with Crippen LogP contribution in [0.25, 0.3) is 0 Å². The van der Waals surface area contributed by atoms with Crippen molar-refractivity contribution in [3.8, 4) is 0 Å². The van der Waals surface area contributed by atoms with Crippen molar-refractivity contribution in [2.24, 2.45) is 0 Å². The minimum Gasteiger partial charge on any atom is -0.368 e. The summed E-state index contributed by atoms with van der Waals surface area (Å²) in [5.41, 5.74) is 5.73. The number of nitrogens with zero attached hydrogens (tertiary/aromatic N) is 4. The molecule has 1 aromatic rings. The van der Waals surface area contributed by atoms with Crippen molar-refractivity contribution < 1.29 is 4.79 Å². The monoisotopic (exact) mass is 291 g/mol. The van der Waals surface area contributed by atoms with Crippen molar-refractivity contribution in [3.63, 3.8) is 0 Å². The van der Waals surface area contributed by atoms with Gasteiger partial charge < -0.3 is 21.3 Å². The Kier molecular flexibility index (Phi) is 4.03. The number of nitrogens with one attached hydrogen (secondary N) is 2. The van der Waals surface area contributed by atoms with Crippen molar-refractivity contribution in [2.75, 3.05) is 35.6 Å². The summed E-state index contributed by atoms with van der Waals surface area (Å²) < 4.78 is 0. The molecule has 21 heavy (non-hydrogen) atoms. The van der Waals surface area contributed by atoms with Gasteiger partial charge in [0.15, 0.2) is 0 Å². The molecule has 0 spiro atoms. The quantitative estimate of drug-likeness (QED) is 0.707. The van der Waals surface area contributed by atoms with Gasteiger partial charge in [0.1, 0.15) is 0 Å². The van der Waals surface area contributed by atoms with Gasteiger partial charge in [-0.05, 0) is 32.1 Å². The fourth-order valence-electron chi connectivity index (χ4n) is 2.36. The lowest BCUT2D eigenvalue weighted by Gasteiger charge is -2.26. The van der Waals surface area contributed by atoms with E-state index in [1.807, 2.05) is 0 Å². The molecule has 0 radical (unpaired) electrons. The van der Waals surface area contributed by atoms with Gasteiger partial charge in [-0.25, -0.2) is 0 Å². The van der Waals surface area contributed by atoms with Gasteiger partial charge in [-0.15, -0.1) is 0 Å². The highest BCUT2D eigenvalue weighted by Gasteiger charge is 2.23. The van der Waals surface area contributed by atoms with Gasteiger partial charge in [-0.1, -0.05) is 0 Å². The van der Waals surface area contributed by atoms with E-state index in [4.69, 9.17) is 5.73 Å². The van der Waals surface area contributed by atoms with E-state index in [1.54, 1.807) is 0 Å². The van der Waals surface area contributed by atoms with E-state index < -0.39 is 0 Å². The number of carbonyl (C=O) groups is 1. The summed E-state index contributed by atoms with van der Waals surface area (Å²) in [6, 6.07) is 0.353. The predicted octanol–water partition coefficient (Wildman–Crippen LogP) is 0.135. The van der Waals surface area contributed by atoms with Crippen LogP contribution in [-0.4, -0.2) is 46.5 Å². The van der Waals surface area contributed by atoms with E-state index in [2.05, 4.69) is 30.5 Å². The largest absolute Gasteiger partial charge is 0.368 e. The third-order valence-electron chi connectivity index (χ3n) is 3.63. The predicted molar refractivity (Wildman–Crippen MR) is 80.0 cm³/mol. The van der Waals surface area contributed by atoms with Crippen molar-refractivity contribution in [1.29, 1.82) is 0 Å². The van der Waals surface area contributed by atoms with Crippen molar-refractivity contribution in [1.82, 2.24) is 20.3 Å². The van der Waals surface area contributed by atoms with Crippen LogP contribution >= 0.6 is 0 Å². The number of rotatable bonds is 5. The van der Waals surface area contributed by atoms with Crippen LogP contribution in [0.3, 0.4) is 0 Å². The molecule has 3 rings (SSSR count). The van der Waals surface area contributed by atoms with E-state index in [0.717, 1.165) is 38.8 Å². The van der Waals surface area contributed by atoms with Crippen LogP contribution < -0.4 is 21.3 Å². The number of anilines is 3. The Morgan fingerprint density at radius 2 is 1.95 bits per heavy atom. The second kappa shape index (κ2) is 6.11. The lowest BCUT2D eigenvalue weighted by Crippen LogP contribution is -2.33. The fraction of sp³-hybridized carbons (Fsp3) is 0.692. The highest BCUT2D eigenvalue weighted by atomic mass is 16.2. The van der Waals surface area contributed by atoms with Gasteiger partial charge in [0, 0.05) is 19.1 Å². The topological polar surface area (TPSA) is 109 Å². The molecular weight excluding hydrogens is 270 g/mol. The summed E-state index contributed by atoms with van der Waals surface area (Å²) in [4.78, 5) is 26.3. The van der Waals surface area contributed by atoms with Gasteiger partial charge in [0.25, 0.3) is 0 Å². The summed E-state index contributed by atoms with van der Waals surface area (Å²) in [7, 11) is 0. The van der Waals surface area contributed by atoms with Crippen LogP contribution in [0.2, 0.25) is 0 Å². The second-order valence-corrected chi connectivity index (χ2v) is 5.56.